The average molecular weight is 449 g/mol. The summed E-state index contributed by atoms with van der Waals surface area (Å²) < 4.78 is 12.4. The lowest BCUT2D eigenvalue weighted by Crippen LogP contribution is -2.50. The highest BCUT2D eigenvalue weighted by Crippen LogP contribution is 2.45. The van der Waals surface area contributed by atoms with Gasteiger partial charge in [0.1, 0.15) is 5.75 Å². The zero-order valence-electron chi connectivity index (χ0n) is 20.2. The third kappa shape index (κ3) is 4.93. The van der Waals surface area contributed by atoms with Crippen LogP contribution in [0.5, 0.6) is 11.5 Å². The summed E-state index contributed by atoms with van der Waals surface area (Å²) in [5.74, 6) is 0.914. The number of carbonyl (C=O) groups is 1. The number of piperidine rings is 1. The molecule has 7 heteroatoms. The molecule has 2 rings (SSSR count). The van der Waals surface area contributed by atoms with Gasteiger partial charge in [0.05, 0.1) is 25.3 Å². The van der Waals surface area contributed by atoms with Crippen molar-refractivity contribution in [3.8, 4) is 11.5 Å². The van der Waals surface area contributed by atoms with Gasteiger partial charge in [-0.2, -0.15) is 0 Å². The van der Waals surface area contributed by atoms with Gasteiger partial charge in [0.15, 0.2) is 5.75 Å². The summed E-state index contributed by atoms with van der Waals surface area (Å²) in [4.78, 5) is 15.0. The Morgan fingerprint density at radius 3 is 2.26 bits per heavy atom. The van der Waals surface area contributed by atoms with Gasteiger partial charge in [-0.25, -0.2) is 0 Å². The number of aliphatic hydroxyl groups excluding tert-OH is 1. The molecular weight excluding hydrogens is 408 g/mol. The quantitative estimate of drug-likeness (QED) is 0.333. The number of likely N-dealkylation sites (tertiary alicyclic amines) is 1. The molecule has 1 saturated heterocycles. The third-order valence-electron chi connectivity index (χ3n) is 6.70. The molecule has 1 aromatic carbocycles. The van der Waals surface area contributed by atoms with Crippen LogP contribution >= 0.6 is 0 Å². The fourth-order valence-electron chi connectivity index (χ4n) is 5.14. The summed E-state index contributed by atoms with van der Waals surface area (Å²) in [7, 11) is -0.633. The maximum absolute atomic E-state index is 13.3. The zero-order valence-corrected chi connectivity index (χ0v) is 21.2. The molecule has 0 saturated carbocycles. The van der Waals surface area contributed by atoms with E-state index in [1.807, 2.05) is 0 Å². The summed E-state index contributed by atoms with van der Waals surface area (Å²) in [5, 5.41) is 9.77. The molecule has 1 aromatic rings. The van der Waals surface area contributed by atoms with E-state index in [4.69, 9.17) is 14.9 Å². The maximum Gasteiger partial charge on any atom is 0.258 e. The number of rotatable bonds is 8. The van der Waals surface area contributed by atoms with Crippen LogP contribution < -0.4 is 14.9 Å². The van der Waals surface area contributed by atoms with Crippen LogP contribution in [0, 0.1) is 0 Å². The summed E-state index contributed by atoms with van der Waals surface area (Å²) in [6.45, 7) is 17.8. The lowest BCUT2D eigenvalue weighted by atomic mass is 9.97. The Morgan fingerprint density at radius 1 is 1.19 bits per heavy atom. The predicted octanol–water partition coefficient (Wildman–Crippen LogP) is 4.98. The molecule has 1 amide bonds. The van der Waals surface area contributed by atoms with Crippen LogP contribution in [-0.4, -0.2) is 50.5 Å². The Bertz CT molecular complexity index is 785. The molecule has 0 spiro atoms. The predicted molar refractivity (Wildman–Crippen MR) is 129 cm³/mol. The second-order valence-corrected chi connectivity index (χ2v) is 14.9. The number of carbonyl (C=O) groups excluding carboxylic acids is 1. The smallest absolute Gasteiger partial charge is 0.258 e. The highest BCUT2D eigenvalue weighted by Gasteiger charge is 2.47. The molecule has 0 aliphatic carbocycles. The van der Waals surface area contributed by atoms with Crippen molar-refractivity contribution in [2.24, 2.45) is 0 Å². The first-order valence-electron chi connectivity index (χ1n) is 11.2. The summed E-state index contributed by atoms with van der Waals surface area (Å²) in [5.41, 5.74) is 9.34. The van der Waals surface area contributed by atoms with E-state index in [9.17, 15) is 9.90 Å². The minimum atomic E-state index is -2.21. The number of methoxy groups -OCH3 is 1. The van der Waals surface area contributed by atoms with Crippen molar-refractivity contribution in [3.05, 3.63) is 29.8 Å². The number of nitrogens with zero attached hydrogens (tertiary/aromatic N) is 1. The highest BCUT2D eigenvalue weighted by atomic mass is 28.4. The molecule has 1 atom stereocenters. The van der Waals surface area contributed by atoms with Crippen molar-refractivity contribution >= 4 is 19.9 Å². The second kappa shape index (κ2) is 10.1. The number of ether oxygens (including phenoxy) is 1. The Morgan fingerprint density at radius 2 is 1.77 bits per heavy atom. The molecular formula is C24H40N2O4Si. The summed E-state index contributed by atoms with van der Waals surface area (Å²) >= 11 is 0. The average Bonchev–Trinajstić information content (AvgIpc) is 2.70. The minimum absolute atomic E-state index is 0.103. The lowest BCUT2D eigenvalue weighted by Gasteiger charge is -2.42. The number of aliphatic hydroxyl groups is 1. The van der Waals surface area contributed by atoms with E-state index in [0.29, 0.717) is 52.3 Å². The summed E-state index contributed by atoms with van der Waals surface area (Å²) in [6.07, 6.45) is 1.33. The van der Waals surface area contributed by atoms with E-state index in [1.165, 1.54) is 0 Å². The molecule has 0 bridgehead atoms. The van der Waals surface area contributed by atoms with E-state index in [2.05, 4.69) is 48.1 Å². The molecule has 6 nitrogen and oxygen atoms in total. The Hall–Kier alpha value is -1.99. The van der Waals surface area contributed by atoms with Crippen LogP contribution in [0.3, 0.4) is 0 Å². The van der Waals surface area contributed by atoms with E-state index >= 15 is 0 Å². The first-order chi connectivity index (χ1) is 14.5. The number of amides is 1. The topological polar surface area (TPSA) is 85.0 Å². The van der Waals surface area contributed by atoms with Gasteiger partial charge in [0.25, 0.3) is 14.2 Å². The number of benzene rings is 1. The van der Waals surface area contributed by atoms with Crippen LogP contribution in [0.1, 0.15) is 64.7 Å². The van der Waals surface area contributed by atoms with Crippen LogP contribution in [0.4, 0.5) is 5.69 Å². The molecule has 1 aliphatic heterocycles. The van der Waals surface area contributed by atoms with Gasteiger partial charge in [0.2, 0.25) is 0 Å². The first-order valence-corrected chi connectivity index (χ1v) is 13.4. The molecule has 3 N–H and O–H groups in total. The molecule has 1 heterocycles. The largest absolute Gasteiger partial charge is 0.540 e. The van der Waals surface area contributed by atoms with Gasteiger partial charge in [-0.15, -0.1) is 0 Å². The van der Waals surface area contributed by atoms with Gasteiger partial charge in [0, 0.05) is 18.3 Å². The number of hydrogen-bond donors (Lipinski definition) is 2. The fourth-order valence-corrected chi connectivity index (χ4v) is 10.4. The minimum Gasteiger partial charge on any atom is -0.540 e. The van der Waals surface area contributed by atoms with Crippen molar-refractivity contribution < 1.29 is 19.1 Å². The molecule has 1 fully saturated rings. The van der Waals surface area contributed by atoms with E-state index in [0.717, 1.165) is 12.0 Å². The normalized spacial score (nSPS) is 17.6. The fraction of sp³-hybridized carbons (Fsp3) is 0.625. The maximum atomic E-state index is 13.3. The van der Waals surface area contributed by atoms with Gasteiger partial charge in [-0.05, 0) is 35.5 Å². The molecule has 31 heavy (non-hydrogen) atoms. The molecule has 0 aromatic heterocycles. The van der Waals surface area contributed by atoms with Gasteiger partial charge in [-0.3, -0.25) is 4.79 Å². The number of hydrogen-bond acceptors (Lipinski definition) is 5. The van der Waals surface area contributed by atoms with Crippen LogP contribution in [0.2, 0.25) is 16.6 Å². The number of nitrogens with two attached hydrogens (primary N) is 1. The van der Waals surface area contributed by atoms with Crippen LogP contribution in [0.25, 0.3) is 0 Å². The van der Waals surface area contributed by atoms with Crippen molar-refractivity contribution in [3.63, 3.8) is 0 Å². The number of nitrogen functional groups attached to an aromatic ring is 1. The standard InChI is InChI=1S/C24H40N2O4Si/c1-15(2)31(16(3)4,17(5)6)30-23-13-21(25)20(12-22(23)29-8)24(28)26-10-9-18(7)11-19(26)14-27/h12-13,15-17,19,27H,7,9-11,14,25H2,1-6,8H3/t19-/m0/s1. The van der Waals surface area contributed by atoms with E-state index in [1.54, 1.807) is 24.1 Å². The monoisotopic (exact) mass is 448 g/mol. The van der Waals surface area contributed by atoms with Crippen molar-refractivity contribution in [2.45, 2.75) is 77.0 Å². The summed E-state index contributed by atoms with van der Waals surface area (Å²) in [6, 6.07) is 3.14. The van der Waals surface area contributed by atoms with Crippen molar-refractivity contribution in [1.29, 1.82) is 0 Å². The zero-order chi connectivity index (χ0) is 23.5. The molecule has 1 aliphatic rings. The van der Waals surface area contributed by atoms with Gasteiger partial charge >= 0.3 is 0 Å². The third-order valence-corrected chi connectivity index (χ3v) is 12.7. The van der Waals surface area contributed by atoms with Crippen molar-refractivity contribution in [2.75, 3.05) is 26.0 Å². The van der Waals surface area contributed by atoms with Crippen molar-refractivity contribution in [1.82, 2.24) is 4.90 Å². The number of anilines is 1. The lowest BCUT2D eigenvalue weighted by molar-refractivity contribution is 0.0556. The van der Waals surface area contributed by atoms with Gasteiger partial charge < -0.3 is 24.9 Å². The van der Waals surface area contributed by atoms with E-state index < -0.39 is 8.32 Å². The van der Waals surface area contributed by atoms with Crippen LogP contribution in [-0.2, 0) is 0 Å². The van der Waals surface area contributed by atoms with E-state index in [-0.39, 0.29) is 18.6 Å². The molecule has 174 valence electrons. The SMILES string of the molecule is C=C1CCN(C(=O)c2cc(OC)c(O[Si](C(C)C)(C(C)C)C(C)C)cc2N)[C@H](CO)C1. The Kier molecular flexibility index (Phi) is 8.22. The second-order valence-electron chi connectivity index (χ2n) is 9.55. The highest BCUT2D eigenvalue weighted by molar-refractivity contribution is 6.78. The van der Waals surface area contributed by atoms with Gasteiger partial charge in [-0.1, -0.05) is 53.7 Å². The Balaban J connectivity index is 2.46. The molecule has 0 unspecified atom stereocenters. The Labute approximate surface area is 188 Å². The molecule has 0 radical (unpaired) electrons. The van der Waals surface area contributed by atoms with Crippen LogP contribution in [0.15, 0.2) is 24.3 Å². The first kappa shape index (κ1) is 25.3.